The first kappa shape index (κ1) is 32.8. The number of benzene rings is 5. The molecule has 0 radical (unpaired) electrons. The fourth-order valence-corrected chi connectivity index (χ4v) is 5.85. The molecule has 0 saturated carbocycles. The molecule has 0 saturated heterocycles. The van der Waals surface area contributed by atoms with Crippen molar-refractivity contribution in [2.45, 2.75) is 24.4 Å². The summed E-state index contributed by atoms with van der Waals surface area (Å²) in [6.07, 6.45) is -3.64. The van der Waals surface area contributed by atoms with Crippen LogP contribution in [0.1, 0.15) is 39.0 Å². The second-order valence-corrected chi connectivity index (χ2v) is 11.4. The van der Waals surface area contributed by atoms with Gasteiger partial charge in [-0.25, -0.2) is 0 Å². The zero-order chi connectivity index (χ0) is 32.4. The topological polar surface area (TPSA) is 50.4 Å². The van der Waals surface area contributed by atoms with Crippen LogP contribution < -0.4 is 15.4 Å². The Morgan fingerprint density at radius 1 is 0.739 bits per heavy atom. The van der Waals surface area contributed by atoms with Crippen LogP contribution in [0.25, 0.3) is 0 Å². The second-order valence-electron chi connectivity index (χ2n) is 11.0. The van der Waals surface area contributed by atoms with Gasteiger partial charge in [-0.2, -0.15) is 13.2 Å². The molecular formula is C38H34ClF3N2O2. The highest BCUT2D eigenvalue weighted by atomic mass is 35.5. The van der Waals surface area contributed by atoms with Crippen molar-refractivity contribution in [1.82, 2.24) is 5.32 Å². The molecule has 0 spiro atoms. The van der Waals surface area contributed by atoms with E-state index in [0.717, 1.165) is 17.2 Å². The minimum atomic E-state index is -4.56. The number of rotatable bonds is 13. The normalized spacial score (nSPS) is 11.7. The number of ether oxygens (including phenoxy) is 1. The van der Waals surface area contributed by atoms with Crippen molar-refractivity contribution in [2.24, 2.45) is 0 Å². The van der Waals surface area contributed by atoms with Crippen LogP contribution in [0.5, 0.6) is 5.75 Å². The van der Waals surface area contributed by atoms with E-state index in [9.17, 15) is 18.0 Å². The first-order valence-corrected chi connectivity index (χ1v) is 15.4. The molecule has 236 valence electrons. The van der Waals surface area contributed by atoms with Gasteiger partial charge < -0.3 is 15.4 Å². The largest absolute Gasteiger partial charge is 0.494 e. The van der Waals surface area contributed by atoms with Gasteiger partial charge in [0, 0.05) is 23.2 Å². The smallest absolute Gasteiger partial charge is 0.417 e. The quantitative estimate of drug-likeness (QED) is 0.126. The molecule has 1 amide bonds. The van der Waals surface area contributed by atoms with E-state index in [2.05, 4.69) is 10.6 Å². The Balaban J connectivity index is 1.28. The number of halogens is 4. The zero-order valence-corrected chi connectivity index (χ0v) is 25.8. The number of hydrogen-bond donors (Lipinski definition) is 2. The van der Waals surface area contributed by atoms with Gasteiger partial charge in [-0.1, -0.05) is 109 Å². The van der Waals surface area contributed by atoms with Gasteiger partial charge in [0.25, 0.3) is 5.91 Å². The molecule has 0 aliphatic carbocycles. The molecule has 5 aromatic carbocycles. The van der Waals surface area contributed by atoms with Gasteiger partial charge in [0.1, 0.15) is 5.75 Å². The summed E-state index contributed by atoms with van der Waals surface area (Å²) in [4.78, 5) is 12.7. The summed E-state index contributed by atoms with van der Waals surface area (Å²) in [5, 5.41) is 6.14. The van der Waals surface area contributed by atoms with Crippen LogP contribution in [-0.2, 0) is 18.0 Å². The molecular weight excluding hydrogens is 609 g/mol. The van der Waals surface area contributed by atoms with E-state index in [0.29, 0.717) is 48.7 Å². The third kappa shape index (κ3) is 8.16. The maximum atomic E-state index is 13.8. The van der Waals surface area contributed by atoms with Crippen molar-refractivity contribution in [2.75, 3.05) is 25.0 Å². The molecule has 2 N–H and O–H groups in total. The molecule has 8 heteroatoms. The van der Waals surface area contributed by atoms with Crippen molar-refractivity contribution in [3.63, 3.8) is 0 Å². The van der Waals surface area contributed by atoms with Crippen molar-refractivity contribution in [3.8, 4) is 5.75 Å². The van der Waals surface area contributed by atoms with Crippen LogP contribution in [0.2, 0.25) is 5.02 Å². The van der Waals surface area contributed by atoms with E-state index >= 15 is 0 Å². The third-order valence-electron chi connectivity index (χ3n) is 7.85. The molecule has 0 atom stereocenters. The summed E-state index contributed by atoms with van der Waals surface area (Å²) >= 11 is 6.42. The Kier molecular flexibility index (Phi) is 10.8. The van der Waals surface area contributed by atoms with Gasteiger partial charge >= 0.3 is 6.18 Å². The maximum Gasteiger partial charge on any atom is 0.417 e. The average Bonchev–Trinajstić information content (AvgIpc) is 3.07. The second kappa shape index (κ2) is 15.1. The SMILES string of the molecule is O=C(Nc1ccccc1)c1cccc(OCCCNCC(Cc2cccc(C(F)(F)F)c2Cl)(c2ccccc2)c2ccccc2)c1. The summed E-state index contributed by atoms with van der Waals surface area (Å²) in [5.74, 6) is 0.361. The number of alkyl halides is 3. The van der Waals surface area contributed by atoms with Crippen LogP contribution >= 0.6 is 11.6 Å². The highest BCUT2D eigenvalue weighted by molar-refractivity contribution is 6.32. The van der Waals surface area contributed by atoms with Gasteiger partial charge in [0.15, 0.2) is 0 Å². The Labute approximate surface area is 272 Å². The molecule has 0 fully saturated rings. The van der Waals surface area contributed by atoms with Gasteiger partial charge in [0.05, 0.1) is 17.2 Å². The molecule has 4 nitrogen and oxygen atoms in total. The number of amides is 1. The highest BCUT2D eigenvalue weighted by Gasteiger charge is 2.38. The lowest BCUT2D eigenvalue weighted by molar-refractivity contribution is -0.137. The Hall–Kier alpha value is -4.59. The monoisotopic (exact) mass is 642 g/mol. The number of carbonyl (C=O) groups is 1. The number of nitrogens with one attached hydrogen (secondary N) is 2. The number of carbonyl (C=O) groups excluding carboxylic acids is 1. The van der Waals surface area contributed by atoms with Crippen LogP contribution in [0, 0.1) is 0 Å². The summed E-state index contributed by atoms with van der Waals surface area (Å²) < 4.78 is 47.3. The summed E-state index contributed by atoms with van der Waals surface area (Å²) in [7, 11) is 0. The molecule has 0 aliphatic rings. The summed E-state index contributed by atoms with van der Waals surface area (Å²) in [6, 6.07) is 39.9. The number of para-hydroxylation sites is 1. The van der Waals surface area contributed by atoms with E-state index in [1.165, 1.54) is 6.07 Å². The van der Waals surface area contributed by atoms with Crippen LogP contribution in [0.4, 0.5) is 18.9 Å². The van der Waals surface area contributed by atoms with Gasteiger partial charge in [-0.05, 0) is 72.5 Å². The fourth-order valence-electron chi connectivity index (χ4n) is 5.55. The molecule has 46 heavy (non-hydrogen) atoms. The maximum absolute atomic E-state index is 13.8. The van der Waals surface area contributed by atoms with E-state index in [1.54, 1.807) is 30.3 Å². The highest BCUT2D eigenvalue weighted by Crippen LogP contribution is 2.41. The molecule has 0 unspecified atom stereocenters. The number of hydrogen-bond acceptors (Lipinski definition) is 3. The fraction of sp³-hybridized carbons (Fsp3) is 0.184. The third-order valence-corrected chi connectivity index (χ3v) is 8.30. The molecule has 0 aromatic heterocycles. The predicted molar refractivity (Wildman–Crippen MR) is 178 cm³/mol. The Morgan fingerprint density at radius 3 is 1.98 bits per heavy atom. The Morgan fingerprint density at radius 2 is 1.35 bits per heavy atom. The van der Waals surface area contributed by atoms with Crippen molar-refractivity contribution in [1.29, 1.82) is 0 Å². The van der Waals surface area contributed by atoms with Crippen LogP contribution in [0.15, 0.2) is 133 Å². The van der Waals surface area contributed by atoms with Crippen molar-refractivity contribution < 1.29 is 22.7 Å². The van der Waals surface area contributed by atoms with Crippen molar-refractivity contribution in [3.05, 3.63) is 166 Å². The van der Waals surface area contributed by atoms with E-state index in [-0.39, 0.29) is 17.4 Å². The minimum Gasteiger partial charge on any atom is -0.494 e. The van der Waals surface area contributed by atoms with Crippen LogP contribution in [0.3, 0.4) is 0 Å². The summed E-state index contributed by atoms with van der Waals surface area (Å²) in [5.41, 5.74) is 2.00. The van der Waals surface area contributed by atoms with E-state index in [1.807, 2.05) is 91.0 Å². The van der Waals surface area contributed by atoms with Gasteiger partial charge in [0.2, 0.25) is 0 Å². The standard InChI is InChI=1S/C38H34ClF3N2O2/c39-35-29(14-11-22-34(35)38(40,41)42)26-37(30-15-4-1-5-16-30,31-17-6-2-7-18-31)27-43-23-12-24-46-33-21-10-13-28(25-33)36(45)44-32-19-8-3-9-20-32/h1-11,13-22,25,43H,12,23-24,26-27H2,(H,44,45). The van der Waals surface area contributed by atoms with Crippen molar-refractivity contribution >= 4 is 23.2 Å². The molecule has 0 heterocycles. The van der Waals surface area contributed by atoms with Gasteiger partial charge in [-0.15, -0.1) is 0 Å². The molecule has 5 aromatic rings. The van der Waals surface area contributed by atoms with E-state index < -0.39 is 17.2 Å². The lowest BCUT2D eigenvalue weighted by Gasteiger charge is -2.36. The van der Waals surface area contributed by atoms with Gasteiger partial charge in [-0.3, -0.25) is 4.79 Å². The Bertz CT molecular complexity index is 1680. The average molecular weight is 643 g/mol. The molecule has 0 bridgehead atoms. The lowest BCUT2D eigenvalue weighted by Crippen LogP contribution is -2.42. The first-order chi connectivity index (χ1) is 22.3. The summed E-state index contributed by atoms with van der Waals surface area (Å²) in [6.45, 7) is 1.44. The van der Waals surface area contributed by atoms with E-state index in [4.69, 9.17) is 16.3 Å². The molecule has 5 rings (SSSR count). The zero-order valence-electron chi connectivity index (χ0n) is 25.1. The number of anilines is 1. The lowest BCUT2D eigenvalue weighted by atomic mass is 9.70. The molecule has 0 aliphatic heterocycles. The predicted octanol–water partition coefficient (Wildman–Crippen LogP) is 9.20. The van der Waals surface area contributed by atoms with Crippen LogP contribution in [-0.4, -0.2) is 25.6 Å². The minimum absolute atomic E-state index is 0.225. The first-order valence-electron chi connectivity index (χ1n) is 15.0.